The van der Waals surface area contributed by atoms with E-state index in [1.165, 1.54) is 0 Å². The van der Waals surface area contributed by atoms with E-state index >= 15 is 0 Å². The van der Waals surface area contributed by atoms with Gasteiger partial charge in [-0.15, -0.1) is 0 Å². The molecule has 0 amide bonds. The number of hydrogen-bond donors (Lipinski definition) is 0. The number of rotatable bonds is 3. The molecule has 6 heteroatoms. The van der Waals surface area contributed by atoms with E-state index in [2.05, 4.69) is 15.9 Å². The summed E-state index contributed by atoms with van der Waals surface area (Å²) in [6, 6.07) is 0.152. The fourth-order valence-electron chi connectivity index (χ4n) is 2.50. The SMILES string of the molecule is O=S(=O)(N1CCCC1)N1CCCCC1CBr. The number of halogens is 1. The molecule has 2 heterocycles. The lowest BCUT2D eigenvalue weighted by molar-refractivity contribution is 0.254. The third-order valence-corrected chi connectivity index (χ3v) is 6.28. The Hall–Kier alpha value is 0.350. The summed E-state index contributed by atoms with van der Waals surface area (Å²) in [5.41, 5.74) is 0. The van der Waals surface area contributed by atoms with Gasteiger partial charge in [-0.1, -0.05) is 22.4 Å². The molecule has 2 fully saturated rings. The van der Waals surface area contributed by atoms with Crippen LogP contribution in [0.25, 0.3) is 0 Å². The first-order chi connectivity index (χ1) is 7.66. The van der Waals surface area contributed by atoms with Gasteiger partial charge in [0.25, 0.3) is 10.2 Å². The maximum atomic E-state index is 12.4. The second-order valence-electron chi connectivity index (χ2n) is 4.53. The Morgan fingerprint density at radius 2 is 1.69 bits per heavy atom. The zero-order chi connectivity index (χ0) is 11.6. The minimum absolute atomic E-state index is 0.152. The fourth-order valence-corrected chi connectivity index (χ4v) is 5.30. The van der Waals surface area contributed by atoms with Crippen molar-refractivity contribution < 1.29 is 8.42 Å². The summed E-state index contributed by atoms with van der Waals surface area (Å²) >= 11 is 3.43. The largest absolute Gasteiger partial charge is 0.282 e. The van der Waals surface area contributed by atoms with Crippen molar-refractivity contribution in [3.63, 3.8) is 0 Å². The number of hydrogen-bond acceptors (Lipinski definition) is 2. The van der Waals surface area contributed by atoms with Gasteiger partial charge in [0.05, 0.1) is 0 Å². The van der Waals surface area contributed by atoms with Crippen LogP contribution < -0.4 is 0 Å². The molecule has 0 N–H and O–H groups in total. The smallest absolute Gasteiger partial charge is 0.195 e. The van der Waals surface area contributed by atoms with Gasteiger partial charge in [-0.25, -0.2) is 0 Å². The first-order valence-electron chi connectivity index (χ1n) is 5.99. The van der Waals surface area contributed by atoms with Gasteiger partial charge in [0.15, 0.2) is 0 Å². The van der Waals surface area contributed by atoms with Crippen molar-refractivity contribution in [2.24, 2.45) is 0 Å². The number of alkyl halides is 1. The molecule has 0 aliphatic carbocycles. The summed E-state index contributed by atoms with van der Waals surface area (Å²) in [6.45, 7) is 2.09. The van der Waals surface area contributed by atoms with Crippen LogP contribution in [-0.4, -0.2) is 48.0 Å². The first-order valence-corrected chi connectivity index (χ1v) is 8.51. The van der Waals surface area contributed by atoms with Gasteiger partial charge < -0.3 is 0 Å². The zero-order valence-electron chi connectivity index (χ0n) is 9.44. The fraction of sp³-hybridized carbons (Fsp3) is 1.00. The molecule has 2 aliphatic heterocycles. The second kappa shape index (κ2) is 5.33. The zero-order valence-corrected chi connectivity index (χ0v) is 11.8. The highest BCUT2D eigenvalue weighted by molar-refractivity contribution is 9.09. The lowest BCUT2D eigenvalue weighted by atomic mass is 10.1. The molecule has 2 aliphatic rings. The van der Waals surface area contributed by atoms with Crippen LogP contribution in [0.2, 0.25) is 0 Å². The molecule has 0 saturated carbocycles. The van der Waals surface area contributed by atoms with Gasteiger partial charge >= 0.3 is 0 Å². The molecule has 94 valence electrons. The van der Waals surface area contributed by atoms with E-state index < -0.39 is 10.2 Å². The lowest BCUT2D eigenvalue weighted by Crippen LogP contribution is -2.50. The first kappa shape index (κ1) is 12.8. The minimum Gasteiger partial charge on any atom is -0.195 e. The van der Waals surface area contributed by atoms with Crippen molar-refractivity contribution in [1.29, 1.82) is 0 Å². The van der Waals surface area contributed by atoms with E-state index in [-0.39, 0.29) is 6.04 Å². The Labute approximate surface area is 106 Å². The van der Waals surface area contributed by atoms with E-state index in [1.54, 1.807) is 8.61 Å². The standard InChI is InChI=1S/C10H19BrN2O2S/c11-9-10-5-1-2-8-13(10)16(14,15)12-6-3-4-7-12/h10H,1-9H2. The van der Waals surface area contributed by atoms with Gasteiger partial charge in [0.1, 0.15) is 0 Å². The summed E-state index contributed by atoms with van der Waals surface area (Å²) in [5, 5.41) is 0.750. The lowest BCUT2D eigenvalue weighted by Gasteiger charge is -2.36. The third kappa shape index (κ3) is 2.44. The Bertz CT molecular complexity index is 328. The van der Waals surface area contributed by atoms with E-state index in [4.69, 9.17) is 0 Å². The van der Waals surface area contributed by atoms with Crippen LogP contribution in [0.3, 0.4) is 0 Å². The van der Waals surface area contributed by atoms with Gasteiger partial charge in [-0.3, -0.25) is 0 Å². The highest BCUT2D eigenvalue weighted by Crippen LogP contribution is 2.25. The van der Waals surface area contributed by atoms with Crippen molar-refractivity contribution in [1.82, 2.24) is 8.61 Å². The maximum absolute atomic E-state index is 12.4. The summed E-state index contributed by atoms with van der Waals surface area (Å²) < 4.78 is 28.1. The van der Waals surface area contributed by atoms with Crippen molar-refractivity contribution in [3.8, 4) is 0 Å². The molecule has 0 aromatic carbocycles. The molecule has 0 bridgehead atoms. The normalized spacial score (nSPS) is 29.7. The highest BCUT2D eigenvalue weighted by atomic mass is 79.9. The van der Waals surface area contributed by atoms with Gasteiger partial charge in [0, 0.05) is 31.0 Å². The van der Waals surface area contributed by atoms with Crippen molar-refractivity contribution in [2.45, 2.75) is 38.1 Å². The van der Waals surface area contributed by atoms with Crippen LogP contribution in [0.5, 0.6) is 0 Å². The van der Waals surface area contributed by atoms with E-state index in [9.17, 15) is 8.42 Å². The second-order valence-corrected chi connectivity index (χ2v) is 7.06. The Balaban J connectivity index is 2.13. The van der Waals surface area contributed by atoms with Crippen LogP contribution >= 0.6 is 15.9 Å². The van der Waals surface area contributed by atoms with Crippen LogP contribution in [0.4, 0.5) is 0 Å². The molecular weight excluding hydrogens is 292 g/mol. The molecule has 0 aromatic heterocycles. The molecule has 1 unspecified atom stereocenters. The number of nitrogens with zero attached hydrogens (tertiary/aromatic N) is 2. The monoisotopic (exact) mass is 310 g/mol. The Morgan fingerprint density at radius 3 is 2.31 bits per heavy atom. The van der Waals surface area contributed by atoms with Crippen molar-refractivity contribution >= 4 is 26.1 Å². The molecular formula is C10H19BrN2O2S. The minimum atomic E-state index is -3.19. The molecule has 2 rings (SSSR count). The molecule has 1 atom stereocenters. The van der Waals surface area contributed by atoms with Crippen LogP contribution in [-0.2, 0) is 10.2 Å². The Kier molecular flexibility index (Phi) is 4.26. The molecule has 0 radical (unpaired) electrons. The molecule has 4 nitrogen and oxygen atoms in total. The summed E-state index contributed by atoms with van der Waals surface area (Å²) in [4.78, 5) is 0. The van der Waals surface area contributed by atoms with Crippen molar-refractivity contribution in [3.05, 3.63) is 0 Å². The molecule has 0 spiro atoms. The predicted molar refractivity (Wildman–Crippen MR) is 67.9 cm³/mol. The van der Waals surface area contributed by atoms with E-state index in [0.29, 0.717) is 19.6 Å². The van der Waals surface area contributed by atoms with Crippen molar-refractivity contribution in [2.75, 3.05) is 25.0 Å². The van der Waals surface area contributed by atoms with Crippen LogP contribution in [0, 0.1) is 0 Å². The van der Waals surface area contributed by atoms with Crippen LogP contribution in [0.1, 0.15) is 32.1 Å². The van der Waals surface area contributed by atoms with Crippen LogP contribution in [0.15, 0.2) is 0 Å². The summed E-state index contributed by atoms with van der Waals surface area (Å²) in [7, 11) is -3.19. The molecule has 0 aromatic rings. The topological polar surface area (TPSA) is 40.6 Å². The predicted octanol–water partition coefficient (Wildman–Crippen LogP) is 1.58. The third-order valence-electron chi connectivity index (χ3n) is 3.44. The van der Waals surface area contributed by atoms with Gasteiger partial charge in [-0.05, 0) is 25.7 Å². The van der Waals surface area contributed by atoms with Gasteiger partial charge in [-0.2, -0.15) is 17.0 Å². The number of piperidine rings is 1. The van der Waals surface area contributed by atoms with E-state index in [0.717, 1.165) is 37.4 Å². The quantitative estimate of drug-likeness (QED) is 0.743. The average Bonchev–Trinajstić information content (AvgIpc) is 2.83. The Morgan fingerprint density at radius 1 is 1.06 bits per heavy atom. The van der Waals surface area contributed by atoms with E-state index in [1.807, 2.05) is 0 Å². The summed E-state index contributed by atoms with van der Waals surface area (Å²) in [6.07, 6.45) is 5.13. The molecule has 16 heavy (non-hydrogen) atoms. The average molecular weight is 311 g/mol. The highest BCUT2D eigenvalue weighted by Gasteiger charge is 2.36. The van der Waals surface area contributed by atoms with Gasteiger partial charge in [0.2, 0.25) is 0 Å². The maximum Gasteiger partial charge on any atom is 0.282 e. The summed E-state index contributed by atoms with van der Waals surface area (Å²) in [5.74, 6) is 0. The molecule has 2 saturated heterocycles.